The Morgan fingerprint density at radius 3 is 2.65 bits per heavy atom. The Labute approximate surface area is 98.5 Å². The molecule has 1 fully saturated rings. The second kappa shape index (κ2) is 3.94. The molecule has 0 saturated heterocycles. The monoisotopic (exact) mass is 260 g/mol. The number of aliphatic hydroxyl groups is 1. The van der Waals surface area contributed by atoms with Gasteiger partial charge in [-0.05, 0) is 25.0 Å². The van der Waals surface area contributed by atoms with Gasteiger partial charge in [0.25, 0.3) is 0 Å². The molecule has 0 atom stereocenters. The second-order valence-electron chi connectivity index (χ2n) is 4.20. The molecule has 17 heavy (non-hydrogen) atoms. The van der Waals surface area contributed by atoms with E-state index >= 15 is 0 Å². The molecule has 5 nitrogen and oxygen atoms in total. The van der Waals surface area contributed by atoms with Gasteiger partial charge in [0.05, 0.1) is 17.8 Å². The van der Waals surface area contributed by atoms with Crippen LogP contribution in [0.5, 0.6) is 0 Å². The lowest BCUT2D eigenvalue weighted by atomic mass is 10.3. The summed E-state index contributed by atoms with van der Waals surface area (Å²) in [5.41, 5.74) is 4.19. The van der Waals surface area contributed by atoms with E-state index < -0.39 is 27.1 Å². The van der Waals surface area contributed by atoms with Crippen LogP contribution in [0.25, 0.3) is 0 Å². The van der Waals surface area contributed by atoms with Gasteiger partial charge < -0.3 is 10.8 Å². The zero-order valence-electron chi connectivity index (χ0n) is 8.98. The molecule has 0 unspecified atom stereocenters. The van der Waals surface area contributed by atoms with Gasteiger partial charge in [-0.1, -0.05) is 6.07 Å². The van der Waals surface area contributed by atoms with Crippen LogP contribution < -0.4 is 10.5 Å². The normalized spacial score (nSPS) is 18.0. The van der Waals surface area contributed by atoms with Gasteiger partial charge in [-0.25, -0.2) is 17.5 Å². The fourth-order valence-electron chi connectivity index (χ4n) is 1.53. The third-order valence-corrected chi connectivity index (χ3v) is 4.45. The molecule has 4 N–H and O–H groups in total. The van der Waals surface area contributed by atoms with Crippen LogP contribution in [0.2, 0.25) is 0 Å². The molecule has 1 aliphatic rings. The predicted octanol–water partition coefficient (Wildman–Crippen LogP) is 0.211. The maximum Gasteiger partial charge on any atom is 0.243 e. The first-order chi connectivity index (χ1) is 7.90. The molecule has 0 aliphatic heterocycles. The van der Waals surface area contributed by atoms with Crippen LogP contribution in [-0.4, -0.2) is 25.7 Å². The van der Waals surface area contributed by atoms with Gasteiger partial charge in [-0.3, -0.25) is 0 Å². The number of nitrogen functional groups attached to an aromatic ring is 1. The summed E-state index contributed by atoms with van der Waals surface area (Å²) in [6.07, 6.45) is 1.13. The van der Waals surface area contributed by atoms with Gasteiger partial charge in [0.1, 0.15) is 10.7 Å². The molecule has 0 radical (unpaired) electrons. The van der Waals surface area contributed by atoms with Crippen molar-refractivity contribution in [2.24, 2.45) is 0 Å². The van der Waals surface area contributed by atoms with Crippen molar-refractivity contribution < 1.29 is 17.9 Å². The molecule has 1 aromatic rings. The zero-order chi connectivity index (χ0) is 12.7. The van der Waals surface area contributed by atoms with Crippen LogP contribution >= 0.6 is 0 Å². The Bertz CT molecular complexity index is 540. The summed E-state index contributed by atoms with van der Waals surface area (Å²) in [4.78, 5) is -0.294. The van der Waals surface area contributed by atoms with Crippen LogP contribution in [0.15, 0.2) is 23.1 Å². The third-order valence-electron chi connectivity index (χ3n) is 2.81. The SMILES string of the molecule is Nc1c(F)cccc1S(=O)(=O)NC1(CO)CC1. The summed E-state index contributed by atoms with van der Waals surface area (Å²) in [5, 5.41) is 9.06. The number of rotatable bonds is 4. The van der Waals surface area contributed by atoms with E-state index in [4.69, 9.17) is 10.8 Å². The van der Waals surface area contributed by atoms with Crippen LogP contribution in [0.1, 0.15) is 12.8 Å². The van der Waals surface area contributed by atoms with Crippen LogP contribution in [0.3, 0.4) is 0 Å². The summed E-state index contributed by atoms with van der Waals surface area (Å²) in [6.45, 7) is -0.276. The fourth-order valence-corrected chi connectivity index (χ4v) is 3.13. The van der Waals surface area contributed by atoms with Crippen molar-refractivity contribution in [2.75, 3.05) is 12.3 Å². The molecule has 1 aliphatic carbocycles. The summed E-state index contributed by atoms with van der Waals surface area (Å²) in [7, 11) is -3.90. The number of hydrogen-bond donors (Lipinski definition) is 3. The average Bonchev–Trinajstić information content (AvgIpc) is 3.01. The standard InChI is InChI=1S/C10H13FN2O3S/c11-7-2-1-3-8(9(7)12)17(15,16)13-10(6-14)4-5-10/h1-3,13-14H,4-6,12H2. The molecule has 1 saturated carbocycles. The molecule has 2 rings (SSSR count). The number of aliphatic hydroxyl groups excluding tert-OH is 1. The van der Waals surface area contributed by atoms with Crippen molar-refractivity contribution in [3.8, 4) is 0 Å². The first-order valence-electron chi connectivity index (χ1n) is 5.09. The van der Waals surface area contributed by atoms with Crippen LogP contribution in [0, 0.1) is 5.82 Å². The molecule has 0 bridgehead atoms. The van der Waals surface area contributed by atoms with E-state index in [9.17, 15) is 12.8 Å². The molecule has 1 aromatic carbocycles. The van der Waals surface area contributed by atoms with Crippen LogP contribution in [-0.2, 0) is 10.0 Å². The van der Waals surface area contributed by atoms with Crippen LogP contribution in [0.4, 0.5) is 10.1 Å². The van der Waals surface area contributed by atoms with Crippen molar-refractivity contribution in [3.05, 3.63) is 24.0 Å². The minimum absolute atomic E-state index is 0.276. The zero-order valence-corrected chi connectivity index (χ0v) is 9.80. The van der Waals surface area contributed by atoms with Gasteiger partial charge in [0.2, 0.25) is 10.0 Å². The number of nitrogens with two attached hydrogens (primary N) is 1. The van der Waals surface area contributed by atoms with Gasteiger partial charge in [-0.15, -0.1) is 0 Å². The molecular weight excluding hydrogens is 247 g/mol. The number of sulfonamides is 1. The smallest absolute Gasteiger partial charge is 0.243 e. The molecule has 0 heterocycles. The Hall–Kier alpha value is -1.18. The number of para-hydroxylation sites is 1. The molecule has 0 amide bonds. The minimum atomic E-state index is -3.90. The van der Waals surface area contributed by atoms with Crippen molar-refractivity contribution in [2.45, 2.75) is 23.3 Å². The lowest BCUT2D eigenvalue weighted by Gasteiger charge is -2.15. The van der Waals surface area contributed by atoms with Gasteiger partial charge in [-0.2, -0.15) is 0 Å². The molecule has 0 spiro atoms. The average molecular weight is 260 g/mol. The fraction of sp³-hybridized carbons (Fsp3) is 0.400. The largest absolute Gasteiger partial charge is 0.395 e. The highest BCUT2D eigenvalue weighted by atomic mass is 32.2. The topological polar surface area (TPSA) is 92.4 Å². The highest BCUT2D eigenvalue weighted by Crippen LogP contribution is 2.36. The van der Waals surface area contributed by atoms with E-state index in [0.29, 0.717) is 12.8 Å². The highest BCUT2D eigenvalue weighted by Gasteiger charge is 2.45. The van der Waals surface area contributed by atoms with Gasteiger partial charge >= 0.3 is 0 Å². The Balaban J connectivity index is 2.35. The first kappa shape index (κ1) is 12.3. The Morgan fingerprint density at radius 2 is 2.12 bits per heavy atom. The summed E-state index contributed by atoms with van der Waals surface area (Å²) in [5.74, 6) is -0.776. The Kier molecular flexibility index (Phi) is 2.84. The quantitative estimate of drug-likeness (QED) is 0.675. The first-order valence-corrected chi connectivity index (χ1v) is 6.57. The molecule has 94 valence electrons. The number of hydrogen-bond acceptors (Lipinski definition) is 4. The van der Waals surface area contributed by atoms with Crippen molar-refractivity contribution in [1.29, 1.82) is 0 Å². The Morgan fingerprint density at radius 1 is 1.47 bits per heavy atom. The van der Waals surface area contributed by atoms with E-state index in [0.717, 1.165) is 6.07 Å². The molecular formula is C10H13FN2O3S. The second-order valence-corrected chi connectivity index (χ2v) is 5.85. The number of halogens is 1. The van der Waals surface area contributed by atoms with E-state index in [-0.39, 0.29) is 11.5 Å². The van der Waals surface area contributed by atoms with Crippen molar-refractivity contribution in [3.63, 3.8) is 0 Å². The highest BCUT2D eigenvalue weighted by molar-refractivity contribution is 7.89. The lowest BCUT2D eigenvalue weighted by molar-refractivity contribution is 0.246. The molecule has 0 aromatic heterocycles. The van der Waals surface area contributed by atoms with Crippen molar-refractivity contribution >= 4 is 15.7 Å². The number of anilines is 1. The summed E-state index contributed by atoms with van der Waals surface area (Å²) >= 11 is 0. The maximum absolute atomic E-state index is 13.2. The van der Waals surface area contributed by atoms with E-state index in [1.54, 1.807) is 0 Å². The summed E-state index contributed by atoms with van der Waals surface area (Å²) in [6, 6.07) is 3.60. The number of nitrogens with one attached hydrogen (secondary N) is 1. The van der Waals surface area contributed by atoms with Gasteiger partial charge in [0.15, 0.2) is 0 Å². The van der Waals surface area contributed by atoms with E-state index in [2.05, 4.69) is 4.72 Å². The van der Waals surface area contributed by atoms with E-state index in [1.807, 2.05) is 0 Å². The van der Waals surface area contributed by atoms with Gasteiger partial charge in [0, 0.05) is 0 Å². The minimum Gasteiger partial charge on any atom is -0.395 e. The van der Waals surface area contributed by atoms with Crippen molar-refractivity contribution in [1.82, 2.24) is 4.72 Å². The summed E-state index contributed by atoms with van der Waals surface area (Å²) < 4.78 is 39.4. The van der Waals surface area contributed by atoms with E-state index in [1.165, 1.54) is 12.1 Å². The maximum atomic E-state index is 13.2. The lowest BCUT2D eigenvalue weighted by Crippen LogP contribution is -2.39. The molecule has 7 heteroatoms. The number of benzene rings is 1. The predicted molar refractivity (Wildman–Crippen MR) is 60.2 cm³/mol. The third kappa shape index (κ3) is 2.26.